The molecule has 1 aliphatic rings. The fourth-order valence-corrected chi connectivity index (χ4v) is 2.74. The Morgan fingerprint density at radius 2 is 1.84 bits per heavy atom. The highest BCUT2D eigenvalue weighted by molar-refractivity contribution is 5.80. The fourth-order valence-electron chi connectivity index (χ4n) is 2.74. The van der Waals surface area contributed by atoms with Gasteiger partial charge in [0, 0.05) is 32.0 Å². The van der Waals surface area contributed by atoms with E-state index in [2.05, 4.69) is 5.32 Å². The lowest BCUT2D eigenvalue weighted by molar-refractivity contribution is -0.137. The molecule has 0 atom stereocenters. The van der Waals surface area contributed by atoms with Gasteiger partial charge in [-0.05, 0) is 31.4 Å². The molecular weight excluding hydrogens is 324 g/mol. The van der Waals surface area contributed by atoms with Gasteiger partial charge < -0.3 is 20.1 Å². The monoisotopic (exact) mass is 348 g/mol. The predicted molar refractivity (Wildman–Crippen MR) is 91.1 cm³/mol. The number of likely N-dealkylation sites (tertiary alicyclic amines) is 1. The smallest absolute Gasteiger partial charge is 0.303 e. The number of nitrogens with one attached hydrogen (secondary N) is 1. The maximum atomic E-state index is 12.2. The molecule has 25 heavy (non-hydrogen) atoms. The minimum atomic E-state index is -0.862. The van der Waals surface area contributed by atoms with E-state index < -0.39 is 5.97 Å². The minimum absolute atomic E-state index is 0.00390. The Labute approximate surface area is 147 Å². The molecule has 1 fully saturated rings. The molecule has 2 rings (SSSR count). The number of nitrogens with zero attached hydrogens (tertiary/aromatic N) is 1. The van der Waals surface area contributed by atoms with E-state index >= 15 is 0 Å². The van der Waals surface area contributed by atoms with Crippen LogP contribution < -0.4 is 10.1 Å². The van der Waals surface area contributed by atoms with Crippen LogP contribution in [0.4, 0.5) is 0 Å². The Bertz CT molecular complexity index is 582. The van der Waals surface area contributed by atoms with E-state index in [0.717, 1.165) is 0 Å². The molecule has 1 heterocycles. The molecule has 0 aromatic heterocycles. The van der Waals surface area contributed by atoms with Gasteiger partial charge in [0.2, 0.25) is 5.91 Å². The standard InChI is InChI=1S/C18H24N2O5/c21-16(13-25-15-5-2-1-3-6-15)20-11-8-14(9-12-20)18(24)19-10-4-7-17(22)23/h1-3,5-6,14H,4,7-13H2,(H,19,24)(H,22,23). The summed E-state index contributed by atoms with van der Waals surface area (Å²) in [6.07, 6.45) is 1.70. The zero-order valence-electron chi connectivity index (χ0n) is 14.1. The molecule has 0 aliphatic carbocycles. The first-order chi connectivity index (χ1) is 12.1. The van der Waals surface area contributed by atoms with Gasteiger partial charge in [-0.3, -0.25) is 14.4 Å². The van der Waals surface area contributed by atoms with Crippen molar-refractivity contribution in [2.45, 2.75) is 25.7 Å². The van der Waals surface area contributed by atoms with Gasteiger partial charge in [-0.15, -0.1) is 0 Å². The highest BCUT2D eigenvalue weighted by Gasteiger charge is 2.27. The van der Waals surface area contributed by atoms with Crippen molar-refractivity contribution in [3.8, 4) is 5.75 Å². The summed E-state index contributed by atoms with van der Waals surface area (Å²) in [5.74, 6) is -0.462. The van der Waals surface area contributed by atoms with Crippen molar-refractivity contribution in [2.24, 2.45) is 5.92 Å². The summed E-state index contributed by atoms with van der Waals surface area (Å²) in [4.78, 5) is 36.4. The Hall–Kier alpha value is -2.57. The normalized spacial score (nSPS) is 14.8. The van der Waals surface area contributed by atoms with Crippen LogP contribution in [0.2, 0.25) is 0 Å². The fraction of sp³-hybridized carbons (Fsp3) is 0.500. The van der Waals surface area contributed by atoms with Crippen molar-refractivity contribution in [2.75, 3.05) is 26.2 Å². The number of hydrogen-bond acceptors (Lipinski definition) is 4. The highest BCUT2D eigenvalue weighted by Crippen LogP contribution is 2.18. The molecule has 0 spiro atoms. The van der Waals surface area contributed by atoms with Crippen molar-refractivity contribution in [3.63, 3.8) is 0 Å². The van der Waals surface area contributed by atoms with Gasteiger partial charge in [-0.2, -0.15) is 0 Å². The number of amides is 2. The Morgan fingerprint density at radius 3 is 2.48 bits per heavy atom. The van der Waals surface area contributed by atoms with Crippen LogP contribution in [0.15, 0.2) is 30.3 Å². The molecule has 0 saturated carbocycles. The summed E-state index contributed by atoms with van der Waals surface area (Å²) in [6.45, 7) is 1.43. The quantitative estimate of drug-likeness (QED) is 0.690. The molecule has 1 aromatic carbocycles. The average molecular weight is 348 g/mol. The topological polar surface area (TPSA) is 95.9 Å². The summed E-state index contributed by atoms with van der Waals surface area (Å²) in [6, 6.07) is 9.18. The number of para-hydroxylation sites is 1. The number of benzene rings is 1. The SMILES string of the molecule is O=C(O)CCCNC(=O)C1CCN(C(=O)COc2ccccc2)CC1. The van der Waals surface area contributed by atoms with Gasteiger partial charge in [0.05, 0.1) is 0 Å². The van der Waals surface area contributed by atoms with Gasteiger partial charge >= 0.3 is 5.97 Å². The van der Waals surface area contributed by atoms with Crippen LogP contribution in [0, 0.1) is 5.92 Å². The second-order valence-electron chi connectivity index (χ2n) is 6.05. The highest BCUT2D eigenvalue weighted by atomic mass is 16.5. The van der Waals surface area contributed by atoms with E-state index in [-0.39, 0.29) is 30.8 Å². The summed E-state index contributed by atoms with van der Waals surface area (Å²) in [5, 5.41) is 11.3. The molecular formula is C18H24N2O5. The van der Waals surface area contributed by atoms with Gasteiger partial charge in [0.1, 0.15) is 5.75 Å². The maximum absolute atomic E-state index is 12.2. The molecule has 136 valence electrons. The van der Waals surface area contributed by atoms with Crippen molar-refractivity contribution in [3.05, 3.63) is 30.3 Å². The third-order valence-corrected chi connectivity index (χ3v) is 4.19. The molecule has 7 heteroatoms. The van der Waals surface area contributed by atoms with Gasteiger partial charge in [0.15, 0.2) is 6.61 Å². The number of piperidine rings is 1. The van der Waals surface area contributed by atoms with Crippen LogP contribution in [0.25, 0.3) is 0 Å². The van der Waals surface area contributed by atoms with E-state index in [9.17, 15) is 14.4 Å². The van der Waals surface area contributed by atoms with Gasteiger partial charge in [0.25, 0.3) is 5.91 Å². The molecule has 1 saturated heterocycles. The molecule has 0 radical (unpaired) electrons. The molecule has 0 unspecified atom stereocenters. The van der Waals surface area contributed by atoms with Crippen LogP contribution >= 0.6 is 0 Å². The van der Waals surface area contributed by atoms with Crippen molar-refractivity contribution in [1.82, 2.24) is 10.2 Å². The lowest BCUT2D eigenvalue weighted by Gasteiger charge is -2.31. The van der Waals surface area contributed by atoms with E-state index in [4.69, 9.17) is 9.84 Å². The number of rotatable bonds is 8. The Kier molecular flexibility index (Phi) is 7.25. The molecule has 2 N–H and O–H groups in total. The number of hydrogen-bond donors (Lipinski definition) is 2. The molecule has 1 aromatic rings. The summed E-state index contributed by atoms with van der Waals surface area (Å²) >= 11 is 0. The van der Waals surface area contributed by atoms with Gasteiger partial charge in [-0.1, -0.05) is 18.2 Å². The number of carbonyl (C=O) groups is 3. The first-order valence-electron chi connectivity index (χ1n) is 8.51. The first-order valence-corrected chi connectivity index (χ1v) is 8.51. The zero-order valence-corrected chi connectivity index (χ0v) is 14.1. The predicted octanol–water partition coefficient (Wildman–Crippen LogP) is 1.29. The number of carbonyl (C=O) groups excluding carboxylic acids is 2. The van der Waals surface area contributed by atoms with E-state index in [1.54, 1.807) is 17.0 Å². The van der Waals surface area contributed by atoms with E-state index in [1.165, 1.54) is 0 Å². The summed E-state index contributed by atoms with van der Waals surface area (Å²) in [7, 11) is 0. The van der Waals surface area contributed by atoms with E-state index in [0.29, 0.717) is 44.6 Å². The van der Waals surface area contributed by atoms with Crippen LogP contribution in [0.3, 0.4) is 0 Å². The van der Waals surface area contributed by atoms with Crippen LogP contribution in [0.1, 0.15) is 25.7 Å². The second kappa shape index (κ2) is 9.66. The lowest BCUT2D eigenvalue weighted by Crippen LogP contribution is -2.44. The van der Waals surface area contributed by atoms with Crippen LogP contribution in [-0.2, 0) is 14.4 Å². The summed E-state index contributed by atoms with van der Waals surface area (Å²) in [5.41, 5.74) is 0. The van der Waals surface area contributed by atoms with Crippen molar-refractivity contribution < 1.29 is 24.2 Å². The Morgan fingerprint density at radius 1 is 1.16 bits per heavy atom. The first kappa shape index (κ1) is 18.8. The lowest BCUT2D eigenvalue weighted by atomic mass is 9.96. The molecule has 2 amide bonds. The third kappa shape index (κ3) is 6.45. The second-order valence-corrected chi connectivity index (χ2v) is 6.05. The molecule has 7 nitrogen and oxygen atoms in total. The Balaban J connectivity index is 1.65. The largest absolute Gasteiger partial charge is 0.484 e. The third-order valence-electron chi connectivity index (χ3n) is 4.19. The number of aliphatic carboxylic acids is 1. The van der Waals surface area contributed by atoms with Crippen molar-refractivity contribution in [1.29, 1.82) is 0 Å². The average Bonchev–Trinajstić information content (AvgIpc) is 2.64. The summed E-state index contributed by atoms with van der Waals surface area (Å²) < 4.78 is 5.46. The van der Waals surface area contributed by atoms with Crippen molar-refractivity contribution >= 4 is 17.8 Å². The molecule has 0 bridgehead atoms. The minimum Gasteiger partial charge on any atom is -0.484 e. The van der Waals surface area contributed by atoms with E-state index in [1.807, 2.05) is 18.2 Å². The molecule has 1 aliphatic heterocycles. The number of carboxylic acids is 1. The number of ether oxygens (including phenoxy) is 1. The zero-order chi connectivity index (χ0) is 18.1. The maximum Gasteiger partial charge on any atom is 0.303 e. The van der Waals surface area contributed by atoms with Crippen LogP contribution in [-0.4, -0.2) is 54.0 Å². The van der Waals surface area contributed by atoms with Crippen LogP contribution in [0.5, 0.6) is 5.75 Å². The number of carboxylic acid groups (broad SMARTS) is 1. The van der Waals surface area contributed by atoms with Gasteiger partial charge in [-0.25, -0.2) is 0 Å².